The van der Waals surface area contributed by atoms with Gasteiger partial charge in [0.1, 0.15) is 18.5 Å². The Morgan fingerprint density at radius 3 is 2.71 bits per heavy atom. The highest BCUT2D eigenvalue weighted by Gasteiger charge is 2.62. The second kappa shape index (κ2) is 6.27. The molecule has 1 aromatic carbocycles. The number of ether oxygens (including phenoxy) is 2. The minimum absolute atomic E-state index is 0.0245. The van der Waals surface area contributed by atoms with Crippen molar-refractivity contribution in [2.45, 2.75) is 44.2 Å². The van der Waals surface area contributed by atoms with Gasteiger partial charge in [0.15, 0.2) is 0 Å². The van der Waals surface area contributed by atoms with Crippen molar-refractivity contribution in [3.05, 3.63) is 48.0 Å². The number of hydrogen-bond donors (Lipinski definition) is 1. The molecule has 2 N–H and O–H groups in total. The van der Waals surface area contributed by atoms with Crippen molar-refractivity contribution in [3.63, 3.8) is 0 Å². The van der Waals surface area contributed by atoms with E-state index in [1.165, 1.54) is 11.1 Å². The van der Waals surface area contributed by atoms with Gasteiger partial charge in [-0.1, -0.05) is 19.1 Å². The highest BCUT2D eigenvalue weighted by Crippen LogP contribution is 2.62. The second-order valence-electron chi connectivity index (χ2n) is 8.55. The predicted octanol–water partition coefficient (Wildman–Crippen LogP) is 3.06. The lowest BCUT2D eigenvalue weighted by Gasteiger charge is -2.47. The predicted molar refractivity (Wildman–Crippen MR) is 107 cm³/mol. The molecule has 2 aromatic rings. The molecule has 0 saturated heterocycles. The van der Waals surface area contributed by atoms with Crippen LogP contribution in [0.2, 0.25) is 0 Å². The van der Waals surface area contributed by atoms with Crippen LogP contribution >= 0.6 is 0 Å². The minimum Gasteiger partial charge on any atom is -0.462 e. The van der Waals surface area contributed by atoms with Gasteiger partial charge >= 0.3 is 0 Å². The van der Waals surface area contributed by atoms with Crippen LogP contribution in [0.3, 0.4) is 0 Å². The maximum absolute atomic E-state index is 6.06. The molecule has 2 heterocycles. The van der Waals surface area contributed by atoms with E-state index in [1.54, 1.807) is 6.33 Å². The molecule has 0 bridgehead atoms. The summed E-state index contributed by atoms with van der Waals surface area (Å²) in [6.45, 7) is 2.81. The van der Waals surface area contributed by atoms with E-state index in [9.17, 15) is 0 Å². The smallest absolute Gasteiger partial charge is 0.283 e. The second-order valence-corrected chi connectivity index (χ2v) is 8.55. The van der Waals surface area contributed by atoms with Crippen LogP contribution in [0.15, 0.2) is 41.9 Å². The van der Waals surface area contributed by atoms with E-state index in [0.717, 1.165) is 36.8 Å². The molecule has 1 aromatic heterocycles. The number of fused-ring (bicyclic) bond motifs is 3. The molecular weight excluding hydrogens is 352 g/mol. The highest BCUT2D eigenvalue weighted by atomic mass is 16.5. The van der Waals surface area contributed by atoms with Gasteiger partial charge in [0.05, 0.1) is 6.10 Å². The van der Waals surface area contributed by atoms with Crippen molar-refractivity contribution in [1.29, 1.82) is 0 Å². The number of aromatic nitrogens is 2. The van der Waals surface area contributed by atoms with Crippen LogP contribution in [-0.2, 0) is 21.4 Å². The number of nitrogens with zero attached hydrogens (tertiary/aromatic N) is 3. The van der Waals surface area contributed by atoms with E-state index >= 15 is 0 Å². The number of aliphatic imine (C=N–C) groups is 1. The fraction of sp³-hybridized carbons (Fsp3) is 0.500. The summed E-state index contributed by atoms with van der Waals surface area (Å²) in [5.41, 5.74) is 10.4. The molecule has 1 aliphatic heterocycles. The first-order valence-electron chi connectivity index (χ1n) is 9.97. The van der Waals surface area contributed by atoms with E-state index in [0.29, 0.717) is 24.7 Å². The first kappa shape index (κ1) is 17.6. The normalized spacial score (nSPS) is 33.7. The largest absolute Gasteiger partial charge is 0.462 e. The molecule has 1 saturated carbocycles. The van der Waals surface area contributed by atoms with Crippen LogP contribution in [0.25, 0.3) is 11.1 Å². The van der Waals surface area contributed by atoms with Crippen LogP contribution in [0.1, 0.15) is 37.3 Å². The fourth-order valence-electron chi connectivity index (χ4n) is 5.82. The molecule has 6 nitrogen and oxygen atoms in total. The van der Waals surface area contributed by atoms with Crippen molar-refractivity contribution < 1.29 is 9.47 Å². The number of amidine groups is 1. The Kier molecular flexibility index (Phi) is 3.95. The Hall–Kier alpha value is -2.47. The van der Waals surface area contributed by atoms with Crippen LogP contribution in [0, 0.1) is 11.3 Å². The van der Waals surface area contributed by atoms with Crippen LogP contribution in [0.5, 0.6) is 0 Å². The third kappa shape index (κ3) is 2.40. The molecule has 4 atom stereocenters. The summed E-state index contributed by atoms with van der Waals surface area (Å²) < 4.78 is 11.5. The van der Waals surface area contributed by atoms with Gasteiger partial charge < -0.3 is 15.2 Å². The fourth-order valence-corrected chi connectivity index (χ4v) is 5.82. The maximum Gasteiger partial charge on any atom is 0.283 e. The third-order valence-electron chi connectivity index (χ3n) is 7.14. The van der Waals surface area contributed by atoms with Crippen LogP contribution in [-0.4, -0.2) is 35.8 Å². The molecule has 0 amide bonds. The van der Waals surface area contributed by atoms with Gasteiger partial charge in [0.2, 0.25) is 0 Å². The molecule has 6 heteroatoms. The third-order valence-corrected chi connectivity index (χ3v) is 7.14. The SMILES string of the molecule is CO[C@@H]1CC[C@]2(Cc3ccc(-c4cncnc4)cc3[C@@]23COC(N)=N3)C[C@H]1C. The molecule has 1 fully saturated rings. The van der Waals surface area contributed by atoms with Gasteiger partial charge in [-0.15, -0.1) is 0 Å². The molecule has 28 heavy (non-hydrogen) atoms. The van der Waals surface area contributed by atoms with Crippen molar-refractivity contribution in [2.24, 2.45) is 22.1 Å². The van der Waals surface area contributed by atoms with E-state index in [-0.39, 0.29) is 5.41 Å². The topological polar surface area (TPSA) is 82.6 Å². The van der Waals surface area contributed by atoms with Gasteiger partial charge in [-0.3, -0.25) is 0 Å². The summed E-state index contributed by atoms with van der Waals surface area (Å²) in [4.78, 5) is 13.3. The quantitative estimate of drug-likeness (QED) is 0.868. The van der Waals surface area contributed by atoms with Crippen molar-refractivity contribution in [1.82, 2.24) is 9.97 Å². The number of methoxy groups -OCH3 is 1. The average Bonchev–Trinajstić information content (AvgIpc) is 3.22. The summed E-state index contributed by atoms with van der Waals surface area (Å²) >= 11 is 0. The summed E-state index contributed by atoms with van der Waals surface area (Å²) in [5.74, 6) is 0.476. The first-order chi connectivity index (χ1) is 13.6. The monoisotopic (exact) mass is 378 g/mol. The lowest BCUT2D eigenvalue weighted by atomic mass is 9.59. The molecule has 146 valence electrons. The Labute approximate surface area is 165 Å². The molecular formula is C22H26N4O2. The number of benzene rings is 1. The molecule has 2 spiro atoms. The average molecular weight is 378 g/mol. The molecule has 0 unspecified atom stereocenters. The zero-order valence-electron chi connectivity index (χ0n) is 16.4. The number of hydrogen-bond acceptors (Lipinski definition) is 6. The molecule has 5 rings (SSSR count). The van der Waals surface area contributed by atoms with Crippen molar-refractivity contribution in [2.75, 3.05) is 13.7 Å². The van der Waals surface area contributed by atoms with Gasteiger partial charge in [0, 0.05) is 30.5 Å². The van der Waals surface area contributed by atoms with Crippen molar-refractivity contribution in [3.8, 4) is 11.1 Å². The zero-order valence-corrected chi connectivity index (χ0v) is 16.4. The minimum atomic E-state index is -0.412. The summed E-state index contributed by atoms with van der Waals surface area (Å²) in [5, 5.41) is 0. The van der Waals surface area contributed by atoms with Gasteiger partial charge in [-0.2, -0.15) is 0 Å². The Balaban J connectivity index is 1.62. The van der Waals surface area contributed by atoms with E-state index in [4.69, 9.17) is 20.2 Å². The highest BCUT2D eigenvalue weighted by molar-refractivity contribution is 5.75. The van der Waals surface area contributed by atoms with Crippen LogP contribution in [0.4, 0.5) is 0 Å². The lowest BCUT2D eigenvalue weighted by molar-refractivity contribution is -0.0445. The summed E-state index contributed by atoms with van der Waals surface area (Å²) in [7, 11) is 1.82. The van der Waals surface area contributed by atoms with E-state index < -0.39 is 5.54 Å². The molecule has 3 aliphatic rings. The molecule has 2 aliphatic carbocycles. The Bertz CT molecular complexity index is 931. The Morgan fingerprint density at radius 1 is 1.21 bits per heavy atom. The number of nitrogens with two attached hydrogens (primary N) is 1. The standard InChI is InChI=1S/C22H26N4O2/c1-14-8-21(6-5-19(14)27-2)9-16-4-3-15(17-10-24-13-25-11-17)7-18(16)22(21)12-28-20(23)26-22/h3-4,7,10-11,13-14,19H,5-6,8-9,12H2,1-2H3,(H2,23,26)/t14-,19-,21-,22+/m1/s1. The maximum atomic E-state index is 6.06. The summed E-state index contributed by atoms with van der Waals surface area (Å²) in [6, 6.07) is 6.96. The van der Waals surface area contributed by atoms with Gasteiger partial charge in [0.25, 0.3) is 6.02 Å². The van der Waals surface area contributed by atoms with E-state index in [2.05, 4.69) is 35.1 Å². The summed E-state index contributed by atoms with van der Waals surface area (Å²) in [6.07, 6.45) is 9.74. The van der Waals surface area contributed by atoms with Gasteiger partial charge in [-0.05, 0) is 54.4 Å². The Morgan fingerprint density at radius 2 is 2.04 bits per heavy atom. The van der Waals surface area contributed by atoms with Crippen molar-refractivity contribution >= 4 is 6.02 Å². The van der Waals surface area contributed by atoms with Crippen LogP contribution < -0.4 is 5.73 Å². The van der Waals surface area contributed by atoms with E-state index in [1.807, 2.05) is 19.5 Å². The lowest BCUT2D eigenvalue weighted by Crippen LogP contribution is -2.48. The number of rotatable bonds is 2. The molecule has 0 radical (unpaired) electrons. The zero-order chi connectivity index (χ0) is 19.4. The van der Waals surface area contributed by atoms with Gasteiger partial charge in [-0.25, -0.2) is 15.0 Å². The first-order valence-corrected chi connectivity index (χ1v) is 9.97.